The van der Waals surface area contributed by atoms with E-state index in [4.69, 9.17) is 9.15 Å². The highest BCUT2D eigenvalue weighted by molar-refractivity contribution is 5.86. The van der Waals surface area contributed by atoms with Gasteiger partial charge in [0.1, 0.15) is 6.61 Å². The van der Waals surface area contributed by atoms with Crippen molar-refractivity contribution >= 4 is 5.97 Å². The second kappa shape index (κ2) is 6.09. The van der Waals surface area contributed by atoms with Crippen LogP contribution in [0.4, 0.5) is 0 Å². The maximum absolute atomic E-state index is 11.7. The number of furan rings is 1. The van der Waals surface area contributed by atoms with Crippen molar-refractivity contribution in [2.75, 3.05) is 0 Å². The molecule has 2 aromatic carbocycles. The van der Waals surface area contributed by atoms with Gasteiger partial charge in [0, 0.05) is 0 Å². The van der Waals surface area contributed by atoms with Gasteiger partial charge in [0.2, 0.25) is 5.76 Å². The number of hydrogen-bond acceptors (Lipinski definition) is 3. The molecule has 0 aliphatic rings. The monoisotopic (exact) mass is 278 g/mol. The van der Waals surface area contributed by atoms with Crippen LogP contribution >= 0.6 is 0 Å². The Labute approximate surface area is 122 Å². The first-order valence-electron chi connectivity index (χ1n) is 6.68. The normalized spacial score (nSPS) is 10.3. The summed E-state index contributed by atoms with van der Waals surface area (Å²) in [5, 5.41) is 0. The number of hydrogen-bond donors (Lipinski definition) is 0. The number of carbonyl (C=O) groups excluding carboxylic acids is 1. The van der Waals surface area contributed by atoms with Gasteiger partial charge >= 0.3 is 5.97 Å². The lowest BCUT2D eigenvalue weighted by Crippen LogP contribution is -2.03. The molecule has 0 atom stereocenters. The largest absolute Gasteiger partial charge is 0.457 e. The van der Waals surface area contributed by atoms with Crippen molar-refractivity contribution in [2.24, 2.45) is 0 Å². The third-order valence-corrected chi connectivity index (χ3v) is 3.15. The van der Waals surface area contributed by atoms with Crippen LogP contribution < -0.4 is 0 Å². The van der Waals surface area contributed by atoms with Gasteiger partial charge in [-0.15, -0.1) is 0 Å². The molecule has 1 heterocycles. The van der Waals surface area contributed by atoms with Crippen LogP contribution in [0.15, 0.2) is 77.4 Å². The minimum Gasteiger partial charge on any atom is -0.457 e. The zero-order valence-corrected chi connectivity index (χ0v) is 11.4. The molecule has 0 amide bonds. The fourth-order valence-electron chi connectivity index (χ4n) is 2.04. The smallest absolute Gasteiger partial charge is 0.374 e. The Hall–Kier alpha value is -2.81. The molecule has 0 unspecified atom stereocenters. The van der Waals surface area contributed by atoms with Crippen LogP contribution in [0.2, 0.25) is 0 Å². The van der Waals surface area contributed by atoms with Crippen LogP contribution in [0.3, 0.4) is 0 Å². The SMILES string of the molecule is O=C(OCc1ccc(-c2ccccc2)cc1)c1ccco1. The van der Waals surface area contributed by atoms with E-state index in [0.29, 0.717) is 0 Å². The summed E-state index contributed by atoms with van der Waals surface area (Å²) in [5.41, 5.74) is 3.24. The van der Waals surface area contributed by atoms with Crippen molar-refractivity contribution in [1.29, 1.82) is 0 Å². The molecule has 3 aromatic rings. The average Bonchev–Trinajstić information content (AvgIpc) is 3.08. The predicted molar refractivity (Wildman–Crippen MR) is 79.7 cm³/mol. The molecule has 0 saturated carbocycles. The lowest BCUT2D eigenvalue weighted by molar-refractivity contribution is 0.0436. The van der Waals surface area contributed by atoms with Crippen molar-refractivity contribution in [2.45, 2.75) is 6.61 Å². The van der Waals surface area contributed by atoms with E-state index < -0.39 is 5.97 Å². The molecule has 3 heteroatoms. The number of rotatable bonds is 4. The first kappa shape index (κ1) is 13.2. The zero-order chi connectivity index (χ0) is 14.5. The zero-order valence-electron chi connectivity index (χ0n) is 11.4. The number of carbonyl (C=O) groups is 1. The fraction of sp³-hybridized carbons (Fsp3) is 0.0556. The summed E-state index contributed by atoms with van der Waals surface area (Å²) >= 11 is 0. The van der Waals surface area contributed by atoms with Gasteiger partial charge in [-0.25, -0.2) is 4.79 Å². The van der Waals surface area contributed by atoms with E-state index in [9.17, 15) is 4.79 Å². The quantitative estimate of drug-likeness (QED) is 0.668. The number of ether oxygens (including phenoxy) is 1. The highest BCUT2D eigenvalue weighted by atomic mass is 16.5. The van der Waals surface area contributed by atoms with Gasteiger partial charge in [0.15, 0.2) is 0 Å². The predicted octanol–water partition coefficient (Wildman–Crippen LogP) is 4.30. The van der Waals surface area contributed by atoms with E-state index in [1.54, 1.807) is 12.1 Å². The lowest BCUT2D eigenvalue weighted by atomic mass is 10.0. The van der Waals surface area contributed by atoms with Crippen LogP contribution in [-0.2, 0) is 11.3 Å². The third kappa shape index (κ3) is 3.20. The Kier molecular flexibility index (Phi) is 3.83. The van der Waals surface area contributed by atoms with Crippen molar-refractivity contribution < 1.29 is 13.9 Å². The molecular weight excluding hydrogens is 264 g/mol. The van der Waals surface area contributed by atoms with E-state index in [1.165, 1.54) is 6.26 Å². The van der Waals surface area contributed by atoms with Crippen molar-refractivity contribution in [3.05, 3.63) is 84.3 Å². The standard InChI is InChI=1S/C18H14O3/c19-18(17-7-4-12-20-17)21-13-14-8-10-16(11-9-14)15-5-2-1-3-6-15/h1-12H,13H2. The Morgan fingerprint density at radius 1 is 0.857 bits per heavy atom. The van der Waals surface area contributed by atoms with Crippen LogP contribution in [0, 0.1) is 0 Å². The highest BCUT2D eigenvalue weighted by Crippen LogP contribution is 2.19. The number of benzene rings is 2. The lowest BCUT2D eigenvalue weighted by Gasteiger charge is -2.05. The molecule has 0 aliphatic carbocycles. The van der Waals surface area contributed by atoms with Gasteiger partial charge in [-0.2, -0.15) is 0 Å². The van der Waals surface area contributed by atoms with Crippen LogP contribution in [0.25, 0.3) is 11.1 Å². The maximum Gasteiger partial charge on any atom is 0.374 e. The summed E-state index contributed by atoms with van der Waals surface area (Å²) in [7, 11) is 0. The summed E-state index contributed by atoms with van der Waals surface area (Å²) in [4.78, 5) is 11.7. The van der Waals surface area contributed by atoms with Gasteiger partial charge in [0.25, 0.3) is 0 Å². The van der Waals surface area contributed by atoms with Gasteiger partial charge in [-0.3, -0.25) is 0 Å². The van der Waals surface area contributed by atoms with Gasteiger partial charge in [-0.05, 0) is 28.8 Å². The Morgan fingerprint density at radius 2 is 1.57 bits per heavy atom. The van der Waals surface area contributed by atoms with Crippen molar-refractivity contribution in [3.63, 3.8) is 0 Å². The van der Waals surface area contributed by atoms with Crippen LogP contribution in [-0.4, -0.2) is 5.97 Å². The molecule has 0 radical (unpaired) electrons. The summed E-state index contributed by atoms with van der Waals surface area (Å²) in [6.07, 6.45) is 1.45. The van der Waals surface area contributed by atoms with Crippen molar-refractivity contribution in [1.82, 2.24) is 0 Å². The van der Waals surface area contributed by atoms with E-state index in [-0.39, 0.29) is 12.4 Å². The maximum atomic E-state index is 11.7. The molecule has 0 spiro atoms. The van der Waals surface area contributed by atoms with E-state index in [2.05, 4.69) is 12.1 Å². The Balaban J connectivity index is 1.64. The molecule has 21 heavy (non-hydrogen) atoms. The molecular formula is C18H14O3. The highest BCUT2D eigenvalue weighted by Gasteiger charge is 2.09. The topological polar surface area (TPSA) is 39.4 Å². The van der Waals surface area contributed by atoms with E-state index in [1.807, 2.05) is 42.5 Å². The summed E-state index contributed by atoms with van der Waals surface area (Å²) in [5.74, 6) is -0.233. The molecule has 0 fully saturated rings. The molecule has 0 saturated heterocycles. The molecule has 3 rings (SSSR count). The fourth-order valence-corrected chi connectivity index (χ4v) is 2.04. The first-order valence-corrected chi connectivity index (χ1v) is 6.68. The summed E-state index contributed by atoms with van der Waals surface area (Å²) in [6, 6.07) is 21.3. The minimum atomic E-state index is -0.452. The minimum absolute atomic E-state index is 0.218. The summed E-state index contributed by atoms with van der Waals surface area (Å²) in [6.45, 7) is 0.231. The van der Waals surface area contributed by atoms with Gasteiger partial charge < -0.3 is 9.15 Å². The van der Waals surface area contributed by atoms with Crippen LogP contribution in [0.1, 0.15) is 16.1 Å². The third-order valence-electron chi connectivity index (χ3n) is 3.15. The second-order valence-corrected chi connectivity index (χ2v) is 4.62. The van der Waals surface area contributed by atoms with Crippen molar-refractivity contribution in [3.8, 4) is 11.1 Å². The summed E-state index contributed by atoms with van der Waals surface area (Å²) < 4.78 is 10.2. The van der Waals surface area contributed by atoms with Gasteiger partial charge in [-0.1, -0.05) is 54.6 Å². The van der Waals surface area contributed by atoms with Gasteiger partial charge in [0.05, 0.1) is 6.26 Å². The second-order valence-electron chi connectivity index (χ2n) is 4.62. The first-order chi connectivity index (χ1) is 10.3. The Bertz CT molecular complexity index is 698. The van der Waals surface area contributed by atoms with Crippen LogP contribution in [0.5, 0.6) is 0 Å². The van der Waals surface area contributed by atoms with E-state index in [0.717, 1.165) is 16.7 Å². The molecule has 0 N–H and O–H groups in total. The number of esters is 1. The molecule has 1 aromatic heterocycles. The average molecular weight is 278 g/mol. The Morgan fingerprint density at radius 3 is 2.24 bits per heavy atom. The molecule has 0 aliphatic heterocycles. The molecule has 104 valence electrons. The molecule has 3 nitrogen and oxygen atoms in total. The van der Waals surface area contributed by atoms with E-state index >= 15 is 0 Å². The molecule has 0 bridgehead atoms.